The van der Waals surface area contributed by atoms with Gasteiger partial charge in [-0.2, -0.15) is 13.2 Å². The molecule has 1 aliphatic heterocycles. The summed E-state index contributed by atoms with van der Waals surface area (Å²) in [5.41, 5.74) is -4.34. The Morgan fingerprint density at radius 1 is 1.42 bits per heavy atom. The minimum Gasteiger partial charge on any atom is -0.346 e. The molecule has 0 N–H and O–H groups in total. The van der Waals surface area contributed by atoms with E-state index in [0.717, 1.165) is 17.8 Å². The first kappa shape index (κ1) is 15.0. The molecule has 10 heteroatoms. The Bertz CT molecular complexity index is 465. The molecule has 1 aromatic rings. The van der Waals surface area contributed by atoms with Crippen LogP contribution < -0.4 is 4.90 Å². The van der Waals surface area contributed by atoms with Crippen molar-refractivity contribution in [3.63, 3.8) is 0 Å². The first-order valence-corrected chi connectivity index (χ1v) is 8.58. The molecule has 1 saturated heterocycles. The molecular weight excluding hydrogens is 319 g/mol. The fraction of sp³-hybridized carbons (Fsp3) is 0.778. The first-order valence-electron chi connectivity index (χ1n) is 5.56. The van der Waals surface area contributed by atoms with Gasteiger partial charge in [-0.1, -0.05) is 18.3 Å². The summed E-state index contributed by atoms with van der Waals surface area (Å²) >= 11 is 0.676. The number of aromatic nitrogens is 2. The normalized spacial score (nSPS) is 25.4. The Morgan fingerprint density at radius 2 is 2.16 bits per heavy atom. The van der Waals surface area contributed by atoms with Gasteiger partial charge in [0.1, 0.15) is 0 Å². The molecule has 0 aliphatic carbocycles. The van der Waals surface area contributed by atoms with Crippen molar-refractivity contribution in [2.24, 2.45) is 0 Å². The molecule has 1 aromatic heterocycles. The number of thioether (sulfide) groups is 1. The lowest BCUT2D eigenvalue weighted by atomic mass is 10.3. The first-order chi connectivity index (χ1) is 8.85. The third-order valence-corrected chi connectivity index (χ3v) is 6.17. The maximum atomic E-state index is 12.2. The Hall–Kier alpha value is -0.350. The minimum atomic E-state index is -4.34. The molecule has 19 heavy (non-hydrogen) atoms. The Morgan fingerprint density at radius 3 is 2.84 bits per heavy atom. The van der Waals surface area contributed by atoms with Gasteiger partial charge in [0.05, 0.1) is 0 Å². The average Bonchev–Trinajstić information content (AvgIpc) is 2.67. The molecule has 2 unspecified atom stereocenters. The van der Waals surface area contributed by atoms with Crippen LogP contribution in [0.1, 0.15) is 13.3 Å². The lowest BCUT2D eigenvalue weighted by molar-refractivity contribution is -0.0328. The number of halogens is 3. The van der Waals surface area contributed by atoms with E-state index < -0.39 is 16.3 Å². The molecule has 2 rings (SSSR count). The standard InChI is InChI=1S/C9H12F3N3OS3/c1-6-2-3-15(4-5-19(6)16)7-13-14-8(17-7)18-9(10,11)12/h6H,2-5H2,1H3. The zero-order valence-corrected chi connectivity index (χ0v) is 12.5. The van der Waals surface area contributed by atoms with E-state index in [1.165, 1.54) is 0 Å². The minimum absolute atomic E-state index is 0.110. The van der Waals surface area contributed by atoms with Gasteiger partial charge in [-0.15, -0.1) is 10.2 Å². The number of hydrogen-bond donors (Lipinski definition) is 0. The molecule has 0 spiro atoms. The maximum absolute atomic E-state index is 12.2. The van der Waals surface area contributed by atoms with Crippen molar-refractivity contribution in [3.05, 3.63) is 0 Å². The van der Waals surface area contributed by atoms with Crippen LogP contribution in [0.3, 0.4) is 0 Å². The summed E-state index contributed by atoms with van der Waals surface area (Å²) in [6.07, 6.45) is 0.744. The van der Waals surface area contributed by atoms with Crippen LogP contribution in [-0.4, -0.2) is 44.0 Å². The largest absolute Gasteiger partial charge is 0.448 e. The van der Waals surface area contributed by atoms with Crippen molar-refractivity contribution in [2.45, 2.75) is 28.4 Å². The van der Waals surface area contributed by atoms with E-state index in [1.807, 2.05) is 11.8 Å². The highest BCUT2D eigenvalue weighted by atomic mass is 32.2. The van der Waals surface area contributed by atoms with Crippen molar-refractivity contribution in [3.8, 4) is 0 Å². The van der Waals surface area contributed by atoms with Gasteiger partial charge in [-0.25, -0.2) is 0 Å². The monoisotopic (exact) mass is 331 g/mol. The zero-order chi connectivity index (χ0) is 14.0. The predicted molar refractivity (Wildman–Crippen MR) is 71.1 cm³/mol. The SMILES string of the molecule is CC1CCN(c2nnc(SC(F)(F)F)s2)CCS1=O. The number of anilines is 1. The molecule has 0 amide bonds. The van der Waals surface area contributed by atoms with Gasteiger partial charge >= 0.3 is 5.51 Å². The van der Waals surface area contributed by atoms with Crippen molar-refractivity contribution < 1.29 is 17.4 Å². The molecule has 0 radical (unpaired) electrons. The van der Waals surface area contributed by atoms with Crippen molar-refractivity contribution in [1.82, 2.24) is 10.2 Å². The second kappa shape index (κ2) is 5.96. The molecule has 0 aromatic carbocycles. The highest BCUT2D eigenvalue weighted by Gasteiger charge is 2.32. The third kappa shape index (κ3) is 4.32. The van der Waals surface area contributed by atoms with Crippen LogP contribution >= 0.6 is 23.1 Å². The van der Waals surface area contributed by atoms with Gasteiger partial charge in [0.15, 0.2) is 4.34 Å². The predicted octanol–water partition coefficient (Wildman–Crippen LogP) is 2.50. The van der Waals surface area contributed by atoms with Crippen molar-refractivity contribution in [1.29, 1.82) is 0 Å². The maximum Gasteiger partial charge on any atom is 0.448 e. The third-order valence-electron chi connectivity index (χ3n) is 2.69. The lowest BCUT2D eigenvalue weighted by Gasteiger charge is -2.17. The number of nitrogens with zero attached hydrogens (tertiary/aromatic N) is 3. The summed E-state index contributed by atoms with van der Waals surface area (Å²) in [6, 6.07) is 0. The quantitative estimate of drug-likeness (QED) is 0.779. The van der Waals surface area contributed by atoms with Crippen LogP contribution in [0.15, 0.2) is 4.34 Å². The summed E-state index contributed by atoms with van der Waals surface area (Å²) < 4.78 is 48.2. The van der Waals surface area contributed by atoms with Crippen LogP contribution in [0.2, 0.25) is 0 Å². The van der Waals surface area contributed by atoms with Crippen molar-refractivity contribution >= 4 is 39.0 Å². The molecule has 1 fully saturated rings. The van der Waals surface area contributed by atoms with E-state index in [-0.39, 0.29) is 21.4 Å². The topological polar surface area (TPSA) is 46.1 Å². The Balaban J connectivity index is 2.04. The molecular formula is C9H12F3N3OS3. The second-order valence-corrected chi connectivity index (χ2v) is 8.31. The van der Waals surface area contributed by atoms with Crippen LogP contribution in [0.5, 0.6) is 0 Å². The molecule has 108 valence electrons. The highest BCUT2D eigenvalue weighted by Crippen LogP contribution is 2.39. The van der Waals surface area contributed by atoms with Crippen LogP contribution in [0.4, 0.5) is 18.3 Å². The van der Waals surface area contributed by atoms with Gasteiger partial charge in [-0.05, 0) is 6.42 Å². The summed E-state index contributed by atoms with van der Waals surface area (Å²) in [6.45, 7) is 3.12. The smallest absolute Gasteiger partial charge is 0.346 e. The van der Waals surface area contributed by atoms with Crippen LogP contribution in [0.25, 0.3) is 0 Å². The van der Waals surface area contributed by atoms with Gasteiger partial charge in [0, 0.05) is 46.7 Å². The summed E-state index contributed by atoms with van der Waals surface area (Å²) in [5.74, 6) is 0.516. The van der Waals surface area contributed by atoms with Crippen molar-refractivity contribution in [2.75, 3.05) is 23.7 Å². The fourth-order valence-corrected chi connectivity index (χ4v) is 4.40. The van der Waals surface area contributed by atoms with E-state index >= 15 is 0 Å². The molecule has 0 bridgehead atoms. The number of rotatable bonds is 2. The average molecular weight is 331 g/mol. The molecule has 2 atom stereocenters. The zero-order valence-electron chi connectivity index (χ0n) is 10.0. The molecule has 0 saturated carbocycles. The Kier molecular flexibility index (Phi) is 4.72. The molecule has 2 heterocycles. The van der Waals surface area contributed by atoms with E-state index in [1.54, 1.807) is 0 Å². The van der Waals surface area contributed by atoms with Gasteiger partial charge < -0.3 is 4.90 Å². The number of hydrogen-bond acceptors (Lipinski definition) is 6. The Labute approximate surface area is 119 Å². The van der Waals surface area contributed by atoms with Gasteiger partial charge in [-0.3, -0.25) is 4.21 Å². The molecule has 4 nitrogen and oxygen atoms in total. The summed E-state index contributed by atoms with van der Waals surface area (Å²) in [5, 5.41) is 7.91. The van der Waals surface area contributed by atoms with E-state index in [4.69, 9.17) is 0 Å². The van der Waals surface area contributed by atoms with E-state index in [0.29, 0.717) is 24.0 Å². The number of alkyl halides is 3. The second-order valence-electron chi connectivity index (χ2n) is 4.07. The highest BCUT2D eigenvalue weighted by molar-refractivity contribution is 8.01. The molecule has 1 aliphatic rings. The summed E-state index contributed by atoms with van der Waals surface area (Å²) in [7, 11) is -0.876. The van der Waals surface area contributed by atoms with E-state index in [9.17, 15) is 17.4 Å². The van der Waals surface area contributed by atoms with E-state index in [2.05, 4.69) is 10.2 Å². The lowest BCUT2D eigenvalue weighted by Crippen LogP contribution is -2.25. The van der Waals surface area contributed by atoms with Crippen LogP contribution in [-0.2, 0) is 10.8 Å². The van der Waals surface area contributed by atoms with Crippen LogP contribution in [0, 0.1) is 0 Å². The summed E-state index contributed by atoms with van der Waals surface area (Å²) in [4.78, 5) is 1.86. The van der Waals surface area contributed by atoms with Gasteiger partial charge in [0.2, 0.25) is 5.13 Å². The fourth-order valence-electron chi connectivity index (χ4n) is 1.64. The van der Waals surface area contributed by atoms with Gasteiger partial charge in [0.25, 0.3) is 0 Å².